The summed E-state index contributed by atoms with van der Waals surface area (Å²) in [6, 6.07) is 1.79. The van der Waals surface area contributed by atoms with Gasteiger partial charge in [0.05, 0.1) is 17.7 Å². The van der Waals surface area contributed by atoms with Crippen molar-refractivity contribution < 1.29 is 14.3 Å². The van der Waals surface area contributed by atoms with Gasteiger partial charge in [-0.1, -0.05) is 0 Å². The van der Waals surface area contributed by atoms with Crippen LogP contribution in [0.25, 0.3) is 0 Å². The molecule has 98 valence electrons. The Morgan fingerprint density at radius 1 is 1.39 bits per heavy atom. The number of ether oxygens (including phenoxy) is 2. The molecule has 1 aliphatic heterocycles. The molecule has 0 bridgehead atoms. The molecule has 0 spiro atoms. The molecule has 1 aliphatic rings. The fourth-order valence-corrected chi connectivity index (χ4v) is 2.50. The van der Waals surface area contributed by atoms with Crippen molar-refractivity contribution in [3.8, 4) is 11.5 Å². The predicted molar refractivity (Wildman–Crippen MR) is 72.5 cm³/mol. The van der Waals surface area contributed by atoms with Gasteiger partial charge in [-0.15, -0.1) is 0 Å². The Bertz CT molecular complexity index is 474. The number of benzene rings is 1. The van der Waals surface area contributed by atoms with Crippen molar-refractivity contribution in [1.82, 2.24) is 0 Å². The maximum Gasteiger partial charge on any atom is 0.175 e. The molecule has 0 radical (unpaired) electrons. The van der Waals surface area contributed by atoms with Crippen molar-refractivity contribution in [3.63, 3.8) is 0 Å². The number of hydrogen-bond acceptors (Lipinski definition) is 4. The minimum absolute atomic E-state index is 0.0337. The van der Waals surface area contributed by atoms with Gasteiger partial charge in [-0.25, -0.2) is 0 Å². The minimum atomic E-state index is 0.0337. The zero-order valence-corrected chi connectivity index (χ0v) is 11.9. The van der Waals surface area contributed by atoms with E-state index < -0.39 is 0 Å². The minimum Gasteiger partial charge on any atom is -0.489 e. The second-order valence-corrected chi connectivity index (χ2v) is 5.06. The van der Waals surface area contributed by atoms with Crippen LogP contribution >= 0.6 is 15.9 Å². The van der Waals surface area contributed by atoms with Crippen molar-refractivity contribution >= 4 is 21.7 Å². The molecule has 0 fully saturated rings. The van der Waals surface area contributed by atoms with Gasteiger partial charge >= 0.3 is 0 Å². The van der Waals surface area contributed by atoms with Crippen LogP contribution in [0.15, 0.2) is 10.5 Å². The van der Waals surface area contributed by atoms with Crippen molar-refractivity contribution in [3.05, 3.63) is 21.7 Å². The van der Waals surface area contributed by atoms with Crippen LogP contribution in [-0.4, -0.2) is 25.5 Å². The molecule has 2 rings (SSSR count). The molecule has 0 aliphatic carbocycles. The van der Waals surface area contributed by atoms with E-state index >= 15 is 0 Å². The number of fused-ring (bicyclic) bond motifs is 1. The monoisotopic (exact) mass is 313 g/mol. The first-order valence-electron chi connectivity index (χ1n) is 5.97. The lowest BCUT2D eigenvalue weighted by atomic mass is 10.0. The standard InChI is InChI=1S/C13H16BrNO3/c1-8-9(11(16)3-4-15)7-10(14)13-12(8)17-5-2-6-18-13/h7H,2-6,15H2,1H3. The number of nitrogens with two attached hydrogens (primary N) is 1. The van der Waals surface area contributed by atoms with Crippen LogP contribution in [0, 0.1) is 6.92 Å². The summed E-state index contributed by atoms with van der Waals surface area (Å²) >= 11 is 3.43. The first kappa shape index (κ1) is 13.4. The van der Waals surface area contributed by atoms with Crippen molar-refractivity contribution in [2.45, 2.75) is 19.8 Å². The highest BCUT2D eigenvalue weighted by Crippen LogP contribution is 2.41. The SMILES string of the molecule is Cc1c(C(=O)CCN)cc(Br)c2c1OCCCO2. The normalized spacial score (nSPS) is 14.2. The summed E-state index contributed by atoms with van der Waals surface area (Å²) in [7, 11) is 0. The average Bonchev–Trinajstić information content (AvgIpc) is 2.60. The summed E-state index contributed by atoms with van der Waals surface area (Å²) in [5.41, 5.74) is 6.91. The maximum absolute atomic E-state index is 12.0. The molecule has 1 heterocycles. The topological polar surface area (TPSA) is 61.6 Å². The maximum atomic E-state index is 12.0. The van der Waals surface area contributed by atoms with Crippen molar-refractivity contribution in [1.29, 1.82) is 0 Å². The fourth-order valence-electron chi connectivity index (χ4n) is 1.97. The number of carbonyl (C=O) groups is 1. The van der Waals surface area contributed by atoms with E-state index in [0.717, 1.165) is 16.5 Å². The molecule has 1 aromatic rings. The Balaban J connectivity index is 2.48. The highest BCUT2D eigenvalue weighted by molar-refractivity contribution is 9.10. The van der Waals surface area contributed by atoms with E-state index in [1.54, 1.807) is 6.07 Å². The third kappa shape index (κ3) is 2.52. The summed E-state index contributed by atoms with van der Waals surface area (Å²) in [5.74, 6) is 1.39. The van der Waals surface area contributed by atoms with Gasteiger partial charge in [0.2, 0.25) is 0 Å². The van der Waals surface area contributed by atoms with Crippen LogP contribution < -0.4 is 15.2 Å². The first-order valence-corrected chi connectivity index (χ1v) is 6.76. The third-order valence-corrected chi connectivity index (χ3v) is 3.48. The number of ketones is 1. The van der Waals surface area contributed by atoms with E-state index in [4.69, 9.17) is 15.2 Å². The molecule has 2 N–H and O–H groups in total. The lowest BCUT2D eigenvalue weighted by Gasteiger charge is -2.15. The Labute approximate surface area is 115 Å². The van der Waals surface area contributed by atoms with Crippen LogP contribution in [0.5, 0.6) is 11.5 Å². The zero-order chi connectivity index (χ0) is 13.1. The van der Waals surface area contributed by atoms with Gasteiger partial charge in [0.15, 0.2) is 17.3 Å². The molecule has 5 heteroatoms. The quantitative estimate of drug-likeness (QED) is 0.871. The summed E-state index contributed by atoms with van der Waals surface area (Å²) in [5, 5.41) is 0. The van der Waals surface area contributed by atoms with Gasteiger partial charge in [-0.2, -0.15) is 0 Å². The molecule has 0 atom stereocenters. The smallest absolute Gasteiger partial charge is 0.175 e. The average molecular weight is 314 g/mol. The predicted octanol–water partition coefficient (Wildman–Crippen LogP) is 2.45. The molecule has 1 aromatic carbocycles. The number of hydrogen-bond donors (Lipinski definition) is 1. The van der Waals surface area contributed by atoms with Gasteiger partial charge in [0, 0.05) is 24.0 Å². The van der Waals surface area contributed by atoms with E-state index in [1.807, 2.05) is 6.92 Å². The van der Waals surface area contributed by atoms with Gasteiger partial charge in [0.1, 0.15) is 0 Å². The van der Waals surface area contributed by atoms with E-state index in [-0.39, 0.29) is 5.78 Å². The van der Waals surface area contributed by atoms with Crippen LogP contribution in [0.4, 0.5) is 0 Å². The van der Waals surface area contributed by atoms with Crippen LogP contribution in [0.2, 0.25) is 0 Å². The molecular weight excluding hydrogens is 298 g/mol. The van der Waals surface area contributed by atoms with E-state index in [0.29, 0.717) is 43.2 Å². The molecule has 0 aromatic heterocycles. The molecule has 0 saturated carbocycles. The van der Waals surface area contributed by atoms with Gasteiger partial charge < -0.3 is 15.2 Å². The molecular formula is C13H16BrNO3. The van der Waals surface area contributed by atoms with Crippen LogP contribution in [0.1, 0.15) is 28.8 Å². The lowest BCUT2D eigenvalue weighted by Crippen LogP contribution is -2.10. The van der Waals surface area contributed by atoms with Gasteiger partial charge in [-0.05, 0) is 35.5 Å². The third-order valence-electron chi connectivity index (χ3n) is 2.89. The zero-order valence-electron chi connectivity index (χ0n) is 10.3. The molecule has 0 amide bonds. The summed E-state index contributed by atoms with van der Waals surface area (Å²) in [4.78, 5) is 12.0. The van der Waals surface area contributed by atoms with Gasteiger partial charge in [-0.3, -0.25) is 4.79 Å². The van der Waals surface area contributed by atoms with Crippen LogP contribution in [0.3, 0.4) is 0 Å². The molecule has 0 saturated heterocycles. The Morgan fingerprint density at radius 2 is 2.06 bits per heavy atom. The number of carbonyl (C=O) groups excluding carboxylic acids is 1. The Kier molecular flexibility index (Phi) is 4.24. The Morgan fingerprint density at radius 3 is 2.72 bits per heavy atom. The summed E-state index contributed by atoms with van der Waals surface area (Å²) in [6.45, 7) is 3.46. The lowest BCUT2D eigenvalue weighted by molar-refractivity contribution is 0.0984. The fraction of sp³-hybridized carbons (Fsp3) is 0.462. The van der Waals surface area contributed by atoms with Crippen molar-refractivity contribution in [2.75, 3.05) is 19.8 Å². The summed E-state index contributed by atoms with van der Waals surface area (Å²) < 4.78 is 12.1. The number of rotatable bonds is 3. The highest BCUT2D eigenvalue weighted by atomic mass is 79.9. The second-order valence-electron chi connectivity index (χ2n) is 4.20. The molecule has 4 nitrogen and oxygen atoms in total. The number of Topliss-reactive ketones (excluding diaryl/α,β-unsaturated/α-hetero) is 1. The van der Waals surface area contributed by atoms with Crippen molar-refractivity contribution in [2.24, 2.45) is 5.73 Å². The van der Waals surface area contributed by atoms with E-state index in [9.17, 15) is 4.79 Å². The van der Waals surface area contributed by atoms with E-state index in [2.05, 4.69) is 15.9 Å². The van der Waals surface area contributed by atoms with Crippen LogP contribution in [-0.2, 0) is 0 Å². The summed E-state index contributed by atoms with van der Waals surface area (Å²) in [6.07, 6.45) is 1.18. The second kappa shape index (κ2) is 5.71. The number of halogens is 1. The first-order chi connectivity index (χ1) is 8.65. The highest BCUT2D eigenvalue weighted by Gasteiger charge is 2.21. The van der Waals surface area contributed by atoms with Gasteiger partial charge in [0.25, 0.3) is 0 Å². The molecule has 18 heavy (non-hydrogen) atoms. The molecule has 0 unspecified atom stereocenters. The van der Waals surface area contributed by atoms with E-state index in [1.165, 1.54) is 0 Å². The largest absolute Gasteiger partial charge is 0.489 e. The Hall–Kier alpha value is -1.07.